The molecule has 1 aliphatic heterocycles. The minimum Gasteiger partial charge on any atom is -0.288 e. The van der Waals surface area contributed by atoms with Gasteiger partial charge >= 0.3 is 0 Å². The van der Waals surface area contributed by atoms with E-state index in [2.05, 4.69) is 5.32 Å². The molecule has 0 radical (unpaired) electrons. The fraction of sp³-hybridized carbons (Fsp3) is 0. The smallest absolute Gasteiger partial charge is 0.277 e. The summed E-state index contributed by atoms with van der Waals surface area (Å²) in [6, 6.07) is 7.46. The molecule has 0 aliphatic carbocycles. The van der Waals surface area contributed by atoms with Gasteiger partial charge in [0, 0.05) is 6.07 Å². The minimum atomic E-state index is -0.518. The van der Waals surface area contributed by atoms with Crippen LogP contribution >= 0.6 is 0 Å². The van der Waals surface area contributed by atoms with Crippen LogP contribution in [0.3, 0.4) is 0 Å². The van der Waals surface area contributed by atoms with Gasteiger partial charge < -0.3 is 0 Å². The molecule has 1 aliphatic rings. The van der Waals surface area contributed by atoms with Crippen LogP contribution in [0.1, 0.15) is 20.7 Å². The molecule has 6 nitrogen and oxygen atoms in total. The predicted octanol–water partition coefficient (Wildman–Crippen LogP) is 1.63. The highest BCUT2D eigenvalue weighted by Crippen LogP contribution is 2.29. The summed E-state index contributed by atoms with van der Waals surface area (Å²) in [5.41, 5.74) is 0.359. The number of benzene rings is 2. The number of amides is 2. The fourth-order valence-electron chi connectivity index (χ4n) is 2.08. The second kappa shape index (κ2) is 3.36. The van der Waals surface area contributed by atoms with Gasteiger partial charge in [-0.25, -0.2) is 0 Å². The lowest BCUT2D eigenvalue weighted by atomic mass is 10.0. The summed E-state index contributed by atoms with van der Waals surface area (Å²) < 4.78 is 0. The first kappa shape index (κ1) is 10.4. The van der Waals surface area contributed by atoms with Crippen molar-refractivity contribution in [3.8, 4) is 0 Å². The Morgan fingerprint density at radius 2 is 1.72 bits per heavy atom. The number of rotatable bonds is 1. The number of imide groups is 1. The number of nitro groups is 1. The molecule has 0 saturated heterocycles. The molecule has 0 fully saturated rings. The summed E-state index contributed by atoms with van der Waals surface area (Å²) in [7, 11) is 0. The van der Waals surface area contributed by atoms with Gasteiger partial charge in [0.25, 0.3) is 17.5 Å². The number of hydrogen-bond acceptors (Lipinski definition) is 4. The Labute approximate surface area is 100 Å². The standard InChI is InChI=1S/C12H6N2O4/c15-11-8-4-6-2-1-3-10(14(17)18)7(6)5-9(8)12(16)13-11/h1-5H,(H,13,15,16). The van der Waals surface area contributed by atoms with Gasteiger partial charge in [-0.05, 0) is 17.5 Å². The SMILES string of the molecule is O=C1NC(=O)c2cc3c([N+](=O)[O-])cccc3cc21. The molecule has 1 N–H and O–H groups in total. The van der Waals surface area contributed by atoms with Crippen LogP contribution in [0.4, 0.5) is 5.69 Å². The van der Waals surface area contributed by atoms with Crippen molar-refractivity contribution < 1.29 is 14.5 Å². The maximum absolute atomic E-state index is 11.5. The molecule has 2 aromatic rings. The number of hydrogen-bond donors (Lipinski definition) is 1. The first-order valence-corrected chi connectivity index (χ1v) is 5.15. The van der Waals surface area contributed by atoms with Crippen LogP contribution in [0.2, 0.25) is 0 Å². The lowest BCUT2D eigenvalue weighted by Crippen LogP contribution is -2.19. The lowest BCUT2D eigenvalue weighted by molar-refractivity contribution is -0.383. The summed E-state index contributed by atoms with van der Waals surface area (Å²) in [6.07, 6.45) is 0. The lowest BCUT2D eigenvalue weighted by Gasteiger charge is -2.01. The van der Waals surface area contributed by atoms with Crippen molar-refractivity contribution in [3.63, 3.8) is 0 Å². The Bertz CT molecular complexity index is 736. The predicted molar refractivity (Wildman–Crippen MR) is 62.4 cm³/mol. The molecule has 2 aromatic carbocycles. The van der Waals surface area contributed by atoms with E-state index in [-0.39, 0.29) is 16.8 Å². The molecule has 88 valence electrons. The number of fused-ring (bicyclic) bond motifs is 2. The van der Waals surface area contributed by atoms with Crippen LogP contribution in [0, 0.1) is 10.1 Å². The third-order valence-electron chi connectivity index (χ3n) is 2.91. The van der Waals surface area contributed by atoms with Crippen molar-refractivity contribution in [2.75, 3.05) is 0 Å². The van der Waals surface area contributed by atoms with Crippen LogP contribution in [0.5, 0.6) is 0 Å². The van der Waals surface area contributed by atoms with Gasteiger partial charge in [-0.1, -0.05) is 12.1 Å². The van der Waals surface area contributed by atoms with Crippen molar-refractivity contribution in [2.24, 2.45) is 0 Å². The first-order chi connectivity index (χ1) is 8.58. The van der Waals surface area contributed by atoms with Gasteiger partial charge in [-0.3, -0.25) is 25.0 Å². The quantitative estimate of drug-likeness (QED) is 0.467. The van der Waals surface area contributed by atoms with Crippen LogP contribution in [-0.4, -0.2) is 16.7 Å². The molecule has 0 unspecified atom stereocenters. The molecule has 3 rings (SSSR count). The average molecular weight is 242 g/mol. The summed E-state index contributed by atoms with van der Waals surface area (Å²) in [6.45, 7) is 0. The summed E-state index contributed by atoms with van der Waals surface area (Å²) in [5.74, 6) is -0.988. The highest BCUT2D eigenvalue weighted by atomic mass is 16.6. The third kappa shape index (κ3) is 1.29. The number of nitro benzene ring substituents is 1. The minimum absolute atomic E-state index is 0.0811. The fourth-order valence-corrected chi connectivity index (χ4v) is 2.08. The van der Waals surface area contributed by atoms with E-state index in [4.69, 9.17) is 0 Å². The monoisotopic (exact) mass is 242 g/mol. The van der Waals surface area contributed by atoms with Gasteiger partial charge in [0.2, 0.25) is 0 Å². The largest absolute Gasteiger partial charge is 0.288 e. The van der Waals surface area contributed by atoms with E-state index < -0.39 is 16.7 Å². The Hall–Kier alpha value is -2.76. The van der Waals surface area contributed by atoms with Gasteiger partial charge in [0.1, 0.15) is 0 Å². The zero-order chi connectivity index (χ0) is 12.9. The second-order valence-corrected chi connectivity index (χ2v) is 3.94. The molecular formula is C12H6N2O4. The molecule has 2 amide bonds. The molecule has 18 heavy (non-hydrogen) atoms. The van der Waals surface area contributed by atoms with E-state index in [1.165, 1.54) is 18.2 Å². The van der Waals surface area contributed by atoms with Crippen molar-refractivity contribution in [1.82, 2.24) is 5.32 Å². The maximum atomic E-state index is 11.5. The zero-order valence-electron chi connectivity index (χ0n) is 8.97. The molecule has 1 heterocycles. The Morgan fingerprint density at radius 1 is 1.06 bits per heavy atom. The third-order valence-corrected chi connectivity index (χ3v) is 2.91. The molecule has 0 saturated carbocycles. The molecule has 6 heteroatoms. The summed E-state index contributed by atoms with van der Waals surface area (Å²) in [4.78, 5) is 33.4. The molecule has 0 atom stereocenters. The Kier molecular flexibility index (Phi) is 1.94. The number of non-ortho nitro benzene ring substituents is 1. The van der Waals surface area contributed by atoms with Gasteiger partial charge in [-0.15, -0.1) is 0 Å². The molecule has 0 spiro atoms. The van der Waals surface area contributed by atoms with Crippen molar-refractivity contribution >= 4 is 28.3 Å². The van der Waals surface area contributed by atoms with Crippen molar-refractivity contribution in [2.45, 2.75) is 0 Å². The summed E-state index contributed by atoms with van der Waals surface area (Å²) in [5, 5.41) is 14.0. The highest BCUT2D eigenvalue weighted by Gasteiger charge is 2.28. The van der Waals surface area contributed by atoms with E-state index in [1.54, 1.807) is 12.1 Å². The Morgan fingerprint density at radius 3 is 2.39 bits per heavy atom. The van der Waals surface area contributed by atoms with E-state index in [9.17, 15) is 19.7 Å². The van der Waals surface area contributed by atoms with Gasteiger partial charge in [0.15, 0.2) is 0 Å². The maximum Gasteiger partial charge on any atom is 0.277 e. The van der Waals surface area contributed by atoms with E-state index in [0.717, 1.165) is 0 Å². The van der Waals surface area contributed by atoms with Crippen LogP contribution in [0.15, 0.2) is 30.3 Å². The van der Waals surface area contributed by atoms with Crippen molar-refractivity contribution in [3.05, 3.63) is 51.6 Å². The van der Waals surface area contributed by atoms with Crippen LogP contribution < -0.4 is 5.32 Å². The number of nitrogens with one attached hydrogen (secondary N) is 1. The van der Waals surface area contributed by atoms with Gasteiger partial charge in [-0.2, -0.15) is 0 Å². The Balaban J connectivity index is 2.41. The van der Waals surface area contributed by atoms with E-state index in [0.29, 0.717) is 10.8 Å². The zero-order valence-corrected chi connectivity index (χ0v) is 8.97. The topological polar surface area (TPSA) is 89.3 Å². The van der Waals surface area contributed by atoms with E-state index in [1.807, 2.05) is 0 Å². The van der Waals surface area contributed by atoms with Crippen molar-refractivity contribution in [1.29, 1.82) is 0 Å². The number of carbonyl (C=O) groups is 2. The molecular weight excluding hydrogens is 236 g/mol. The first-order valence-electron chi connectivity index (χ1n) is 5.15. The van der Waals surface area contributed by atoms with Gasteiger partial charge in [0.05, 0.1) is 21.4 Å². The second-order valence-electron chi connectivity index (χ2n) is 3.94. The molecule has 0 aromatic heterocycles. The van der Waals surface area contributed by atoms with Crippen LogP contribution in [-0.2, 0) is 0 Å². The van der Waals surface area contributed by atoms with Crippen LogP contribution in [0.25, 0.3) is 10.8 Å². The number of nitrogens with zero attached hydrogens (tertiary/aromatic N) is 1. The number of carbonyl (C=O) groups excluding carboxylic acids is 2. The average Bonchev–Trinajstić information content (AvgIpc) is 2.61. The highest BCUT2D eigenvalue weighted by molar-refractivity contribution is 6.23. The normalized spacial score (nSPS) is 13.6. The van der Waals surface area contributed by atoms with E-state index >= 15 is 0 Å². The molecule has 0 bridgehead atoms. The summed E-state index contributed by atoms with van der Waals surface area (Å²) >= 11 is 0.